The molecule has 1 amide bonds. The zero-order chi connectivity index (χ0) is 28.8. The van der Waals surface area contributed by atoms with Crippen molar-refractivity contribution in [3.63, 3.8) is 0 Å². The molecule has 1 N–H and O–H groups in total. The van der Waals surface area contributed by atoms with Crippen LogP contribution in [0.2, 0.25) is 0 Å². The van der Waals surface area contributed by atoms with E-state index in [2.05, 4.69) is 5.32 Å². The van der Waals surface area contributed by atoms with Gasteiger partial charge in [-0.1, -0.05) is 30.3 Å². The first-order chi connectivity index (χ1) is 18.8. The van der Waals surface area contributed by atoms with Crippen molar-refractivity contribution < 1.29 is 52.3 Å². The lowest BCUT2D eigenvalue weighted by Gasteiger charge is -2.33. The smallest absolute Gasteiger partial charge is 0.408 e. The molecule has 0 saturated heterocycles. The second kappa shape index (κ2) is 20.7. The number of ether oxygens (including phenoxy) is 7. The number of esters is 3. The summed E-state index contributed by atoms with van der Waals surface area (Å²) in [6.45, 7) is 5.60. The monoisotopic (exact) mass is 555 g/mol. The van der Waals surface area contributed by atoms with Crippen LogP contribution in [0.25, 0.3) is 0 Å². The lowest BCUT2D eigenvalue weighted by atomic mass is 10.0. The second-order valence-electron chi connectivity index (χ2n) is 8.29. The maximum Gasteiger partial charge on any atom is 0.408 e. The highest BCUT2D eigenvalue weighted by molar-refractivity contribution is 5.70. The molecule has 39 heavy (non-hydrogen) atoms. The highest BCUT2D eigenvalue weighted by Gasteiger charge is 2.35. The number of carbonyl (C=O) groups is 4. The molecule has 1 rings (SSSR count). The van der Waals surface area contributed by atoms with Gasteiger partial charge in [-0.3, -0.25) is 14.4 Å². The predicted octanol–water partition coefficient (Wildman–Crippen LogP) is 2.56. The number of hydrogen-bond acceptors (Lipinski definition) is 11. The summed E-state index contributed by atoms with van der Waals surface area (Å²) in [5.41, 5.74) is -0.480. The molecule has 0 unspecified atom stereocenters. The van der Waals surface area contributed by atoms with Gasteiger partial charge in [0.15, 0.2) is 0 Å². The Labute approximate surface area is 229 Å². The first-order valence-electron chi connectivity index (χ1n) is 13.0. The summed E-state index contributed by atoms with van der Waals surface area (Å²) >= 11 is 0. The summed E-state index contributed by atoms with van der Waals surface area (Å²) in [6.07, 6.45) is -0.725. The number of alkyl carbamates (subject to hydrolysis) is 1. The molecule has 12 heteroatoms. The number of rotatable bonds is 21. The number of amides is 1. The third-order valence-electron chi connectivity index (χ3n) is 4.98. The van der Waals surface area contributed by atoms with E-state index >= 15 is 0 Å². The molecule has 0 saturated carbocycles. The van der Waals surface area contributed by atoms with Crippen molar-refractivity contribution in [3.8, 4) is 0 Å². The SMILES string of the molecule is CCOC(=O)CCOCC(COCCC(=O)OCC)(COCCC(=O)OCC)NC(=O)OCc1ccccc1. The Hall–Kier alpha value is -3.22. The van der Waals surface area contributed by atoms with Gasteiger partial charge in [0.25, 0.3) is 0 Å². The van der Waals surface area contributed by atoms with Crippen molar-refractivity contribution in [1.29, 1.82) is 0 Å². The number of hydrogen-bond donors (Lipinski definition) is 1. The van der Waals surface area contributed by atoms with Crippen molar-refractivity contribution in [2.75, 3.05) is 59.5 Å². The third-order valence-corrected chi connectivity index (χ3v) is 4.98. The van der Waals surface area contributed by atoms with E-state index in [9.17, 15) is 19.2 Å². The van der Waals surface area contributed by atoms with E-state index in [-0.39, 0.29) is 85.3 Å². The largest absolute Gasteiger partial charge is 0.466 e. The van der Waals surface area contributed by atoms with Crippen LogP contribution in [-0.2, 0) is 54.1 Å². The van der Waals surface area contributed by atoms with Gasteiger partial charge in [0.2, 0.25) is 0 Å². The van der Waals surface area contributed by atoms with Gasteiger partial charge < -0.3 is 38.5 Å². The summed E-state index contributed by atoms with van der Waals surface area (Å²) < 4.78 is 37.2. The molecule has 0 spiro atoms. The van der Waals surface area contributed by atoms with Crippen molar-refractivity contribution >= 4 is 24.0 Å². The van der Waals surface area contributed by atoms with E-state index in [0.717, 1.165) is 5.56 Å². The summed E-state index contributed by atoms with van der Waals surface area (Å²) in [5, 5.41) is 2.76. The van der Waals surface area contributed by atoms with Crippen molar-refractivity contribution in [2.45, 2.75) is 52.2 Å². The van der Waals surface area contributed by atoms with Gasteiger partial charge in [0.05, 0.1) is 78.7 Å². The van der Waals surface area contributed by atoms with E-state index in [4.69, 9.17) is 33.2 Å². The van der Waals surface area contributed by atoms with Crippen LogP contribution in [0.4, 0.5) is 4.79 Å². The van der Waals surface area contributed by atoms with E-state index in [1.807, 2.05) is 30.3 Å². The lowest BCUT2D eigenvalue weighted by molar-refractivity contribution is -0.145. The minimum Gasteiger partial charge on any atom is -0.466 e. The van der Waals surface area contributed by atoms with Crippen LogP contribution in [-0.4, -0.2) is 89.0 Å². The maximum absolute atomic E-state index is 12.8. The molecule has 1 aromatic carbocycles. The topological polar surface area (TPSA) is 145 Å². The van der Waals surface area contributed by atoms with Crippen LogP contribution in [0.15, 0.2) is 30.3 Å². The average molecular weight is 556 g/mol. The van der Waals surface area contributed by atoms with Crippen LogP contribution in [0.3, 0.4) is 0 Å². The second-order valence-corrected chi connectivity index (χ2v) is 8.29. The molecule has 12 nitrogen and oxygen atoms in total. The standard InChI is InChI=1S/C27H41NO11/c1-4-36-23(29)12-15-33-19-27(20-34-16-13-24(30)37-5-2,21-35-17-14-25(31)38-6-3)28-26(32)39-18-22-10-8-7-9-11-22/h7-11H,4-6,12-21H2,1-3H3,(H,28,32). The van der Waals surface area contributed by atoms with Gasteiger partial charge >= 0.3 is 24.0 Å². The van der Waals surface area contributed by atoms with Crippen molar-refractivity contribution in [1.82, 2.24) is 5.32 Å². The first kappa shape index (κ1) is 33.8. The van der Waals surface area contributed by atoms with Gasteiger partial charge in [-0.05, 0) is 26.3 Å². The van der Waals surface area contributed by atoms with Gasteiger partial charge in [0, 0.05) is 0 Å². The molecular weight excluding hydrogens is 514 g/mol. The fraction of sp³-hybridized carbons (Fsp3) is 0.630. The first-order valence-corrected chi connectivity index (χ1v) is 13.0. The predicted molar refractivity (Wildman–Crippen MR) is 139 cm³/mol. The summed E-state index contributed by atoms with van der Waals surface area (Å²) in [4.78, 5) is 47.9. The molecule has 0 aliphatic carbocycles. The minimum atomic E-state index is -1.27. The molecular formula is C27H41NO11. The molecule has 1 aromatic rings. The van der Waals surface area contributed by atoms with Crippen molar-refractivity contribution in [3.05, 3.63) is 35.9 Å². The molecule has 0 bridgehead atoms. The highest BCUT2D eigenvalue weighted by atomic mass is 16.6. The van der Waals surface area contributed by atoms with E-state index in [1.165, 1.54) is 0 Å². The molecule has 0 fully saturated rings. The minimum absolute atomic E-state index is 0.00973. The van der Waals surface area contributed by atoms with E-state index < -0.39 is 29.5 Å². The fourth-order valence-electron chi connectivity index (χ4n) is 3.18. The molecule has 0 aliphatic heterocycles. The molecule has 0 aliphatic rings. The Bertz CT molecular complexity index is 783. The van der Waals surface area contributed by atoms with Gasteiger partial charge in [-0.25, -0.2) is 4.79 Å². The maximum atomic E-state index is 12.8. The zero-order valence-electron chi connectivity index (χ0n) is 23.1. The van der Waals surface area contributed by atoms with Gasteiger partial charge in [-0.2, -0.15) is 0 Å². The zero-order valence-corrected chi connectivity index (χ0v) is 23.1. The lowest BCUT2D eigenvalue weighted by Crippen LogP contribution is -2.58. The van der Waals surface area contributed by atoms with E-state index in [0.29, 0.717) is 0 Å². The molecule has 220 valence electrons. The fourth-order valence-corrected chi connectivity index (χ4v) is 3.18. The molecule has 0 aromatic heterocycles. The summed E-state index contributed by atoms with van der Waals surface area (Å²) in [7, 11) is 0. The Morgan fingerprint density at radius 2 is 1.05 bits per heavy atom. The normalized spacial score (nSPS) is 10.9. The number of nitrogens with one attached hydrogen (secondary N) is 1. The third kappa shape index (κ3) is 16.4. The van der Waals surface area contributed by atoms with Crippen LogP contribution >= 0.6 is 0 Å². The quantitative estimate of drug-likeness (QED) is 0.136. The van der Waals surface area contributed by atoms with Gasteiger partial charge in [0.1, 0.15) is 12.1 Å². The molecule has 0 atom stereocenters. The Kier molecular flexibility index (Phi) is 17.9. The van der Waals surface area contributed by atoms with Gasteiger partial charge in [-0.15, -0.1) is 0 Å². The van der Waals surface area contributed by atoms with E-state index in [1.54, 1.807) is 20.8 Å². The molecule has 0 heterocycles. The van der Waals surface area contributed by atoms with Crippen LogP contribution in [0, 0.1) is 0 Å². The number of carbonyl (C=O) groups excluding carboxylic acids is 4. The Balaban J connectivity index is 2.90. The van der Waals surface area contributed by atoms with Crippen LogP contribution in [0.5, 0.6) is 0 Å². The van der Waals surface area contributed by atoms with Crippen LogP contribution < -0.4 is 5.32 Å². The number of benzene rings is 1. The summed E-state index contributed by atoms with van der Waals surface area (Å²) in [5.74, 6) is -1.26. The van der Waals surface area contributed by atoms with Crippen molar-refractivity contribution in [2.24, 2.45) is 0 Å². The molecule has 0 radical (unpaired) electrons. The highest BCUT2D eigenvalue weighted by Crippen LogP contribution is 2.12. The average Bonchev–Trinajstić information content (AvgIpc) is 2.91. The Morgan fingerprint density at radius 1 is 0.641 bits per heavy atom. The van der Waals surface area contributed by atoms with Crippen LogP contribution in [0.1, 0.15) is 45.6 Å². The Morgan fingerprint density at radius 3 is 1.44 bits per heavy atom. The summed E-state index contributed by atoms with van der Waals surface area (Å²) in [6, 6.07) is 9.13.